The Kier molecular flexibility index (Phi) is 3.80. The number of hydrogen-bond acceptors (Lipinski definition) is 4. The molecular formula is C12H13N3S. The van der Waals surface area contributed by atoms with Crippen molar-refractivity contribution in [3.63, 3.8) is 0 Å². The van der Waals surface area contributed by atoms with Crippen molar-refractivity contribution in [2.45, 2.75) is 10.8 Å². The average molecular weight is 231 g/mol. The molecule has 16 heavy (non-hydrogen) atoms. The van der Waals surface area contributed by atoms with Crippen molar-refractivity contribution in [1.29, 1.82) is 0 Å². The predicted molar refractivity (Wildman–Crippen MR) is 68.1 cm³/mol. The molecule has 0 aliphatic heterocycles. The van der Waals surface area contributed by atoms with E-state index in [1.54, 1.807) is 11.8 Å². The Morgan fingerprint density at radius 2 is 1.88 bits per heavy atom. The molecule has 0 radical (unpaired) electrons. The Hall–Kier alpha value is -1.52. The summed E-state index contributed by atoms with van der Waals surface area (Å²) < 4.78 is 0. The van der Waals surface area contributed by atoms with Gasteiger partial charge in [-0.1, -0.05) is 36.4 Å². The van der Waals surface area contributed by atoms with Gasteiger partial charge >= 0.3 is 0 Å². The largest absolute Gasteiger partial charge is 0.308 e. The van der Waals surface area contributed by atoms with Crippen LogP contribution < -0.4 is 11.3 Å². The van der Waals surface area contributed by atoms with Crippen LogP contribution in [0.4, 0.5) is 5.82 Å². The van der Waals surface area contributed by atoms with Crippen LogP contribution in [0.1, 0.15) is 5.56 Å². The van der Waals surface area contributed by atoms with E-state index in [0.29, 0.717) is 5.82 Å². The molecule has 0 atom stereocenters. The minimum atomic E-state index is 0.693. The summed E-state index contributed by atoms with van der Waals surface area (Å²) in [7, 11) is 0. The first-order valence-corrected chi connectivity index (χ1v) is 5.97. The first kappa shape index (κ1) is 11.0. The van der Waals surface area contributed by atoms with Crippen molar-refractivity contribution in [3.8, 4) is 0 Å². The molecule has 2 rings (SSSR count). The minimum absolute atomic E-state index is 0.693. The number of hydrogen-bond donors (Lipinski definition) is 2. The Morgan fingerprint density at radius 3 is 2.62 bits per heavy atom. The van der Waals surface area contributed by atoms with Crippen LogP contribution in [0.25, 0.3) is 0 Å². The molecule has 0 amide bonds. The lowest BCUT2D eigenvalue weighted by Gasteiger charge is -2.03. The van der Waals surface area contributed by atoms with Crippen molar-refractivity contribution in [1.82, 2.24) is 4.98 Å². The molecule has 3 nitrogen and oxygen atoms in total. The van der Waals surface area contributed by atoms with E-state index in [9.17, 15) is 0 Å². The topological polar surface area (TPSA) is 50.9 Å². The van der Waals surface area contributed by atoms with E-state index in [-0.39, 0.29) is 0 Å². The monoisotopic (exact) mass is 231 g/mol. The number of thioether (sulfide) groups is 1. The summed E-state index contributed by atoms with van der Waals surface area (Å²) in [4.78, 5) is 4.33. The van der Waals surface area contributed by atoms with Crippen LogP contribution in [0.15, 0.2) is 53.6 Å². The number of anilines is 1. The lowest BCUT2D eigenvalue weighted by atomic mass is 10.2. The van der Waals surface area contributed by atoms with Crippen LogP contribution in [-0.2, 0) is 5.75 Å². The first-order chi connectivity index (χ1) is 7.88. The summed E-state index contributed by atoms with van der Waals surface area (Å²) in [5, 5.41) is 0.972. The standard InChI is InChI=1S/C12H13N3S/c13-15-11-7-4-8-12(14-11)16-9-10-5-2-1-3-6-10/h1-8H,9,13H2,(H,14,15). The van der Waals surface area contributed by atoms with Gasteiger partial charge in [0.25, 0.3) is 0 Å². The Labute approximate surface area is 99.1 Å². The third-order valence-electron chi connectivity index (χ3n) is 2.10. The zero-order chi connectivity index (χ0) is 11.2. The molecule has 1 aromatic heterocycles. The van der Waals surface area contributed by atoms with Crippen molar-refractivity contribution in [2.24, 2.45) is 5.84 Å². The molecule has 0 fully saturated rings. The van der Waals surface area contributed by atoms with Crippen LogP contribution in [0.2, 0.25) is 0 Å². The van der Waals surface area contributed by atoms with E-state index in [1.165, 1.54) is 5.56 Å². The SMILES string of the molecule is NNc1cccc(SCc2ccccc2)n1. The maximum Gasteiger partial charge on any atom is 0.141 e. The second-order valence-electron chi connectivity index (χ2n) is 3.28. The fraction of sp³-hybridized carbons (Fsp3) is 0.0833. The molecule has 4 heteroatoms. The molecule has 0 unspecified atom stereocenters. The van der Waals surface area contributed by atoms with Gasteiger partial charge in [-0.05, 0) is 17.7 Å². The third kappa shape index (κ3) is 2.98. The van der Waals surface area contributed by atoms with Crippen LogP contribution >= 0.6 is 11.8 Å². The molecule has 2 aromatic rings. The van der Waals surface area contributed by atoms with Crippen molar-refractivity contribution >= 4 is 17.6 Å². The number of pyridine rings is 1. The lowest BCUT2D eigenvalue weighted by Crippen LogP contribution is -2.08. The highest BCUT2D eigenvalue weighted by molar-refractivity contribution is 7.98. The summed E-state index contributed by atoms with van der Waals surface area (Å²) in [5.74, 6) is 6.92. The van der Waals surface area contributed by atoms with Crippen LogP contribution in [0, 0.1) is 0 Å². The van der Waals surface area contributed by atoms with E-state index in [0.717, 1.165) is 10.8 Å². The summed E-state index contributed by atoms with van der Waals surface area (Å²) >= 11 is 1.70. The van der Waals surface area contributed by atoms with Gasteiger partial charge in [0.1, 0.15) is 5.82 Å². The summed E-state index contributed by atoms with van der Waals surface area (Å²) in [6.07, 6.45) is 0. The number of benzene rings is 1. The van der Waals surface area contributed by atoms with Crippen LogP contribution in [0.5, 0.6) is 0 Å². The number of nitrogens with zero attached hydrogens (tertiary/aromatic N) is 1. The van der Waals surface area contributed by atoms with E-state index >= 15 is 0 Å². The van der Waals surface area contributed by atoms with Crippen molar-refractivity contribution in [3.05, 3.63) is 54.1 Å². The lowest BCUT2D eigenvalue weighted by molar-refractivity contribution is 1.10. The molecular weight excluding hydrogens is 218 g/mol. The molecule has 0 aliphatic carbocycles. The van der Waals surface area contributed by atoms with Gasteiger partial charge < -0.3 is 5.43 Å². The highest BCUT2D eigenvalue weighted by atomic mass is 32.2. The molecule has 0 saturated heterocycles. The van der Waals surface area contributed by atoms with Crippen LogP contribution in [-0.4, -0.2) is 4.98 Å². The van der Waals surface area contributed by atoms with E-state index in [1.807, 2.05) is 36.4 Å². The summed E-state index contributed by atoms with van der Waals surface area (Å²) in [6, 6.07) is 16.1. The van der Waals surface area contributed by atoms with Crippen molar-refractivity contribution < 1.29 is 0 Å². The zero-order valence-electron chi connectivity index (χ0n) is 8.76. The second-order valence-corrected chi connectivity index (χ2v) is 4.28. The maximum atomic E-state index is 5.30. The van der Waals surface area contributed by atoms with E-state index < -0.39 is 0 Å². The molecule has 0 spiro atoms. The van der Waals surface area contributed by atoms with Crippen LogP contribution in [0.3, 0.4) is 0 Å². The van der Waals surface area contributed by atoms with Gasteiger partial charge in [0.15, 0.2) is 0 Å². The minimum Gasteiger partial charge on any atom is -0.308 e. The van der Waals surface area contributed by atoms with Gasteiger partial charge in [-0.3, -0.25) is 0 Å². The quantitative estimate of drug-likeness (QED) is 0.482. The predicted octanol–water partition coefficient (Wildman–Crippen LogP) is 2.66. The number of nitrogens with two attached hydrogens (primary N) is 1. The average Bonchev–Trinajstić information content (AvgIpc) is 2.38. The fourth-order valence-electron chi connectivity index (χ4n) is 1.31. The maximum absolute atomic E-state index is 5.30. The summed E-state index contributed by atoms with van der Waals surface area (Å²) in [5.41, 5.74) is 3.83. The molecule has 0 saturated carbocycles. The Balaban J connectivity index is 1.99. The van der Waals surface area contributed by atoms with Crippen molar-refractivity contribution in [2.75, 3.05) is 5.43 Å². The van der Waals surface area contributed by atoms with Gasteiger partial charge in [0, 0.05) is 5.75 Å². The summed E-state index contributed by atoms with van der Waals surface area (Å²) in [6.45, 7) is 0. The van der Waals surface area contributed by atoms with Gasteiger partial charge in [0.05, 0.1) is 5.03 Å². The number of rotatable bonds is 4. The molecule has 1 aromatic carbocycles. The number of aromatic nitrogens is 1. The van der Waals surface area contributed by atoms with E-state index in [2.05, 4.69) is 22.5 Å². The molecule has 82 valence electrons. The van der Waals surface area contributed by atoms with E-state index in [4.69, 9.17) is 5.84 Å². The zero-order valence-corrected chi connectivity index (χ0v) is 9.58. The number of nitrogens with one attached hydrogen (secondary N) is 1. The normalized spacial score (nSPS) is 10.1. The first-order valence-electron chi connectivity index (χ1n) is 4.99. The highest BCUT2D eigenvalue weighted by Crippen LogP contribution is 2.21. The molecule has 1 heterocycles. The Morgan fingerprint density at radius 1 is 1.06 bits per heavy atom. The molecule has 3 N–H and O–H groups in total. The molecule has 0 aliphatic rings. The van der Waals surface area contributed by atoms with Gasteiger partial charge in [-0.2, -0.15) is 0 Å². The number of hydrazine groups is 1. The van der Waals surface area contributed by atoms with Gasteiger partial charge in [0.2, 0.25) is 0 Å². The van der Waals surface area contributed by atoms with Gasteiger partial charge in [-0.15, -0.1) is 11.8 Å². The smallest absolute Gasteiger partial charge is 0.141 e. The highest BCUT2D eigenvalue weighted by Gasteiger charge is 1.98. The molecule has 0 bridgehead atoms. The number of nitrogen functional groups attached to an aromatic ring is 1. The third-order valence-corrected chi connectivity index (χ3v) is 3.10. The fourth-order valence-corrected chi connectivity index (χ4v) is 2.15. The van der Waals surface area contributed by atoms with Gasteiger partial charge in [-0.25, -0.2) is 10.8 Å². The second kappa shape index (κ2) is 5.53. The Bertz CT molecular complexity index is 445.